The smallest absolute Gasteiger partial charge is 0.264 e. The average Bonchev–Trinajstić information content (AvgIpc) is 3.51. The van der Waals surface area contributed by atoms with E-state index in [1.165, 1.54) is 11.3 Å². The van der Waals surface area contributed by atoms with Crippen LogP contribution in [-0.4, -0.2) is 15.9 Å². The lowest BCUT2D eigenvalue weighted by atomic mass is 10.1. The number of furan rings is 1. The third-order valence-electron chi connectivity index (χ3n) is 4.35. The van der Waals surface area contributed by atoms with E-state index in [0.717, 1.165) is 20.8 Å². The van der Waals surface area contributed by atoms with Gasteiger partial charge in [0.05, 0.1) is 28.7 Å². The Hall–Kier alpha value is -3.29. The van der Waals surface area contributed by atoms with Crippen LogP contribution in [0.25, 0.3) is 32.2 Å². The molecule has 5 nitrogen and oxygen atoms in total. The summed E-state index contributed by atoms with van der Waals surface area (Å²) in [4.78, 5) is 22.8. The highest BCUT2D eigenvalue weighted by molar-refractivity contribution is 7.18. The van der Waals surface area contributed by atoms with E-state index in [4.69, 9.17) is 4.42 Å². The Kier molecular flexibility index (Phi) is 4.67. The average molecular weight is 418 g/mol. The van der Waals surface area contributed by atoms with E-state index in [-0.39, 0.29) is 5.91 Å². The molecular formula is C22H15N3O2S2. The van der Waals surface area contributed by atoms with Crippen molar-refractivity contribution in [1.29, 1.82) is 0 Å². The van der Waals surface area contributed by atoms with Crippen LogP contribution in [0.3, 0.4) is 0 Å². The SMILES string of the molecule is O=C(NCc1nc2ccccc2s1)c1sc(-c2ccco2)nc1-c1ccccc1. The monoisotopic (exact) mass is 417 g/mol. The third-order valence-corrected chi connectivity index (χ3v) is 6.46. The summed E-state index contributed by atoms with van der Waals surface area (Å²) < 4.78 is 6.59. The summed E-state index contributed by atoms with van der Waals surface area (Å²) >= 11 is 2.91. The van der Waals surface area contributed by atoms with E-state index in [1.807, 2.05) is 66.7 Å². The first kappa shape index (κ1) is 17.8. The molecule has 0 radical (unpaired) electrons. The molecule has 29 heavy (non-hydrogen) atoms. The Morgan fingerprint density at radius 1 is 0.931 bits per heavy atom. The molecule has 3 heterocycles. The van der Waals surface area contributed by atoms with Crippen molar-refractivity contribution in [3.8, 4) is 22.0 Å². The van der Waals surface area contributed by atoms with Crippen LogP contribution in [-0.2, 0) is 6.54 Å². The van der Waals surface area contributed by atoms with Gasteiger partial charge in [-0.25, -0.2) is 9.97 Å². The van der Waals surface area contributed by atoms with Gasteiger partial charge in [-0.05, 0) is 24.3 Å². The minimum atomic E-state index is -0.168. The number of rotatable bonds is 5. The molecule has 0 aliphatic carbocycles. The maximum atomic E-state index is 13.0. The van der Waals surface area contributed by atoms with Gasteiger partial charge in [0.2, 0.25) is 0 Å². The van der Waals surface area contributed by atoms with E-state index >= 15 is 0 Å². The summed E-state index contributed by atoms with van der Waals surface area (Å²) in [5.41, 5.74) is 2.50. The summed E-state index contributed by atoms with van der Waals surface area (Å²) in [5, 5.41) is 4.55. The second kappa shape index (κ2) is 7.62. The fraction of sp³-hybridized carbons (Fsp3) is 0.0455. The number of para-hydroxylation sites is 1. The molecule has 0 saturated heterocycles. The molecule has 5 rings (SSSR count). The maximum Gasteiger partial charge on any atom is 0.264 e. The highest BCUT2D eigenvalue weighted by Crippen LogP contribution is 2.34. The Labute approximate surface area is 174 Å². The third kappa shape index (κ3) is 3.57. The predicted molar refractivity (Wildman–Crippen MR) is 116 cm³/mol. The van der Waals surface area contributed by atoms with Crippen LogP contribution < -0.4 is 5.32 Å². The van der Waals surface area contributed by atoms with Gasteiger partial charge < -0.3 is 9.73 Å². The first-order valence-corrected chi connectivity index (χ1v) is 10.6. The van der Waals surface area contributed by atoms with Crippen molar-refractivity contribution < 1.29 is 9.21 Å². The fourth-order valence-corrected chi connectivity index (χ4v) is 4.88. The van der Waals surface area contributed by atoms with Crippen LogP contribution >= 0.6 is 22.7 Å². The fourth-order valence-electron chi connectivity index (χ4n) is 3.00. The number of carbonyl (C=O) groups is 1. The second-order valence-electron chi connectivity index (χ2n) is 6.30. The molecule has 1 N–H and O–H groups in total. The van der Waals surface area contributed by atoms with Crippen LogP contribution in [0.4, 0.5) is 0 Å². The standard InChI is InChI=1S/C22H15N3O2S2/c26-21(23-13-18-24-15-9-4-5-11-17(15)28-18)20-19(14-7-2-1-3-8-14)25-22(29-20)16-10-6-12-27-16/h1-12H,13H2,(H,23,26). The van der Waals surface area contributed by atoms with Crippen molar-refractivity contribution in [3.63, 3.8) is 0 Å². The Balaban J connectivity index is 1.44. The number of hydrogen-bond donors (Lipinski definition) is 1. The number of amides is 1. The topological polar surface area (TPSA) is 68.0 Å². The van der Waals surface area contributed by atoms with Gasteiger partial charge in [0.1, 0.15) is 9.88 Å². The molecule has 7 heteroatoms. The normalized spacial score (nSPS) is 11.0. The highest BCUT2D eigenvalue weighted by Gasteiger charge is 2.21. The Bertz CT molecular complexity index is 1240. The number of aromatic nitrogens is 2. The van der Waals surface area contributed by atoms with Gasteiger partial charge in [-0.3, -0.25) is 4.79 Å². The lowest BCUT2D eigenvalue weighted by molar-refractivity contribution is 0.0955. The van der Waals surface area contributed by atoms with Crippen molar-refractivity contribution in [3.05, 3.63) is 82.9 Å². The Morgan fingerprint density at radius 2 is 1.76 bits per heavy atom. The molecule has 0 aliphatic heterocycles. The van der Waals surface area contributed by atoms with Gasteiger partial charge >= 0.3 is 0 Å². The molecule has 0 unspecified atom stereocenters. The highest BCUT2D eigenvalue weighted by atomic mass is 32.1. The minimum Gasteiger partial charge on any atom is -0.462 e. The second-order valence-corrected chi connectivity index (χ2v) is 8.41. The van der Waals surface area contributed by atoms with Crippen LogP contribution in [0.1, 0.15) is 14.7 Å². The van der Waals surface area contributed by atoms with Gasteiger partial charge in [0.25, 0.3) is 5.91 Å². The summed E-state index contributed by atoms with van der Waals surface area (Å²) in [7, 11) is 0. The first-order chi connectivity index (χ1) is 14.3. The minimum absolute atomic E-state index is 0.168. The molecule has 0 saturated carbocycles. The summed E-state index contributed by atoms with van der Waals surface area (Å²) in [6.45, 7) is 0.375. The molecule has 3 aromatic heterocycles. The number of thiazole rings is 2. The molecule has 5 aromatic rings. The van der Waals surface area contributed by atoms with Gasteiger partial charge in [0.15, 0.2) is 10.8 Å². The van der Waals surface area contributed by atoms with E-state index in [1.54, 1.807) is 17.6 Å². The van der Waals surface area contributed by atoms with Crippen molar-refractivity contribution in [1.82, 2.24) is 15.3 Å². The van der Waals surface area contributed by atoms with E-state index in [0.29, 0.717) is 27.9 Å². The van der Waals surface area contributed by atoms with Gasteiger partial charge in [-0.2, -0.15) is 0 Å². The molecule has 0 atom stereocenters. The maximum absolute atomic E-state index is 13.0. The summed E-state index contributed by atoms with van der Waals surface area (Å²) in [6.07, 6.45) is 1.60. The van der Waals surface area contributed by atoms with Crippen LogP contribution in [0.2, 0.25) is 0 Å². The lowest BCUT2D eigenvalue weighted by Gasteiger charge is -2.03. The number of carbonyl (C=O) groups excluding carboxylic acids is 1. The van der Waals surface area contributed by atoms with Crippen molar-refractivity contribution in [2.45, 2.75) is 6.54 Å². The van der Waals surface area contributed by atoms with Gasteiger partial charge in [-0.1, -0.05) is 42.5 Å². The van der Waals surface area contributed by atoms with E-state index in [9.17, 15) is 4.79 Å². The number of nitrogens with zero attached hydrogens (tertiary/aromatic N) is 2. The van der Waals surface area contributed by atoms with E-state index in [2.05, 4.69) is 15.3 Å². The molecule has 1 amide bonds. The predicted octanol–water partition coefficient (Wildman–Crippen LogP) is 5.61. The molecule has 2 aromatic carbocycles. The zero-order valence-corrected chi connectivity index (χ0v) is 16.8. The molecule has 0 bridgehead atoms. The number of hydrogen-bond acceptors (Lipinski definition) is 6. The largest absolute Gasteiger partial charge is 0.462 e. The zero-order valence-electron chi connectivity index (χ0n) is 15.2. The number of fused-ring (bicyclic) bond motifs is 1. The van der Waals surface area contributed by atoms with Crippen LogP contribution in [0.15, 0.2) is 77.4 Å². The van der Waals surface area contributed by atoms with Gasteiger partial charge in [0, 0.05) is 5.56 Å². The van der Waals surface area contributed by atoms with Crippen LogP contribution in [0.5, 0.6) is 0 Å². The lowest BCUT2D eigenvalue weighted by Crippen LogP contribution is -2.22. The van der Waals surface area contributed by atoms with Crippen LogP contribution in [0, 0.1) is 0 Å². The summed E-state index contributed by atoms with van der Waals surface area (Å²) in [5.74, 6) is 0.482. The molecule has 0 aliphatic rings. The molecule has 0 fully saturated rings. The first-order valence-electron chi connectivity index (χ1n) is 9.01. The van der Waals surface area contributed by atoms with Gasteiger partial charge in [-0.15, -0.1) is 22.7 Å². The quantitative estimate of drug-likeness (QED) is 0.404. The van der Waals surface area contributed by atoms with Crippen molar-refractivity contribution >= 4 is 38.8 Å². The van der Waals surface area contributed by atoms with E-state index < -0.39 is 0 Å². The van der Waals surface area contributed by atoms with Crippen molar-refractivity contribution in [2.24, 2.45) is 0 Å². The molecule has 142 valence electrons. The molecule has 0 spiro atoms. The number of nitrogens with one attached hydrogen (secondary N) is 1. The van der Waals surface area contributed by atoms with Crippen molar-refractivity contribution in [2.75, 3.05) is 0 Å². The Morgan fingerprint density at radius 3 is 2.55 bits per heavy atom. The number of benzene rings is 2. The summed E-state index contributed by atoms with van der Waals surface area (Å²) in [6, 6.07) is 21.3. The zero-order chi connectivity index (χ0) is 19.6. The molecular weight excluding hydrogens is 402 g/mol.